The Labute approximate surface area is 192 Å². The van der Waals surface area contributed by atoms with Gasteiger partial charge in [0, 0.05) is 29.0 Å². The van der Waals surface area contributed by atoms with E-state index in [1.54, 1.807) is 24.8 Å². The highest BCUT2D eigenvalue weighted by Gasteiger charge is 2.67. The molecular formula is C21H19ClF2N4OS2. The highest BCUT2D eigenvalue weighted by Crippen LogP contribution is 2.69. The molecule has 1 aliphatic carbocycles. The lowest BCUT2D eigenvalue weighted by atomic mass is 9.86. The van der Waals surface area contributed by atoms with Gasteiger partial charge >= 0.3 is 0 Å². The number of nitrogens with two attached hydrogens (primary N) is 1. The summed E-state index contributed by atoms with van der Waals surface area (Å²) in [6, 6.07) is 3.03. The number of alkyl halides is 1. The minimum absolute atomic E-state index is 0.0748. The number of carbonyl (C=O) groups is 1. The van der Waals surface area contributed by atoms with E-state index in [9.17, 15) is 9.18 Å². The number of nitrogens with one attached hydrogen (secondary N) is 1. The van der Waals surface area contributed by atoms with Gasteiger partial charge in [-0.25, -0.2) is 18.8 Å². The van der Waals surface area contributed by atoms with Crippen LogP contribution >= 0.6 is 35.1 Å². The van der Waals surface area contributed by atoms with E-state index in [1.807, 2.05) is 0 Å². The standard InChI is InChI=1S/C21H19ClF2N4OS2/c1-11(27-18(29)16-6-4-13(22)7-26-16)3-5-15(24)12(2)20(9-23)17-14-8-30-10-21(14,17)31-19(25)28-20/h3-7H,2,8-10H2,1H3,(H2,25,28)(H,27,29)/b11-3+,15-5+/t20-,21+/m1/s1. The zero-order valence-corrected chi connectivity index (χ0v) is 18.9. The summed E-state index contributed by atoms with van der Waals surface area (Å²) in [5.74, 6) is 0.371. The van der Waals surface area contributed by atoms with Gasteiger partial charge in [0.05, 0.1) is 9.77 Å². The van der Waals surface area contributed by atoms with Crippen LogP contribution in [0.15, 0.2) is 70.3 Å². The van der Waals surface area contributed by atoms with Gasteiger partial charge in [-0.15, -0.1) is 0 Å². The number of rotatable bonds is 6. The molecule has 0 radical (unpaired) electrons. The number of allylic oxidation sites excluding steroid dienone is 3. The molecule has 5 nitrogen and oxygen atoms in total. The molecule has 162 valence electrons. The van der Waals surface area contributed by atoms with Gasteiger partial charge in [0.2, 0.25) is 0 Å². The van der Waals surface area contributed by atoms with Crippen molar-refractivity contribution in [2.75, 3.05) is 18.2 Å². The number of hydrogen-bond acceptors (Lipinski definition) is 6. The molecule has 31 heavy (non-hydrogen) atoms. The SMILES string of the molecule is C=C(/C(F)=C\C=C(/C)NC(=O)c1ccc(Cl)cn1)[C@@]1(CF)N=C(N)S[C@@]23CSCC2=C13. The maximum atomic E-state index is 15.0. The number of amidine groups is 1. The predicted molar refractivity (Wildman–Crippen MR) is 124 cm³/mol. The average molecular weight is 481 g/mol. The Morgan fingerprint density at radius 2 is 2.23 bits per heavy atom. The fourth-order valence-electron chi connectivity index (χ4n) is 3.86. The average Bonchev–Trinajstić information content (AvgIpc) is 3.20. The van der Waals surface area contributed by atoms with Crippen LogP contribution < -0.4 is 11.1 Å². The quantitative estimate of drug-likeness (QED) is 0.467. The van der Waals surface area contributed by atoms with Crippen LogP contribution in [0.4, 0.5) is 8.78 Å². The van der Waals surface area contributed by atoms with Crippen LogP contribution in [-0.4, -0.2) is 44.5 Å². The lowest BCUT2D eigenvalue weighted by molar-refractivity contribution is 0.0961. The Bertz CT molecular complexity index is 1100. The molecule has 1 spiro atoms. The molecule has 3 N–H and O–H groups in total. The molecule has 0 unspecified atom stereocenters. The highest BCUT2D eigenvalue weighted by molar-refractivity contribution is 8.17. The third kappa shape index (κ3) is 3.72. The summed E-state index contributed by atoms with van der Waals surface area (Å²) in [7, 11) is 0. The molecule has 3 aliphatic rings. The van der Waals surface area contributed by atoms with Crippen molar-refractivity contribution in [3.63, 3.8) is 0 Å². The van der Waals surface area contributed by atoms with Gasteiger partial charge in [-0.1, -0.05) is 29.9 Å². The smallest absolute Gasteiger partial charge is 0.273 e. The van der Waals surface area contributed by atoms with E-state index in [2.05, 4.69) is 21.9 Å². The van der Waals surface area contributed by atoms with Crippen LogP contribution in [-0.2, 0) is 0 Å². The van der Waals surface area contributed by atoms with E-state index in [0.29, 0.717) is 10.7 Å². The van der Waals surface area contributed by atoms with Crippen LogP contribution in [0.2, 0.25) is 5.02 Å². The van der Waals surface area contributed by atoms with Crippen LogP contribution in [0.5, 0.6) is 0 Å². The van der Waals surface area contributed by atoms with Gasteiger partial charge in [-0.05, 0) is 42.4 Å². The summed E-state index contributed by atoms with van der Waals surface area (Å²) in [4.78, 5) is 20.4. The number of halogens is 3. The predicted octanol–water partition coefficient (Wildman–Crippen LogP) is 4.34. The molecule has 10 heteroatoms. The minimum Gasteiger partial charge on any atom is -0.378 e. The van der Waals surface area contributed by atoms with E-state index in [4.69, 9.17) is 17.3 Å². The van der Waals surface area contributed by atoms with Crippen molar-refractivity contribution in [3.8, 4) is 0 Å². The number of aromatic nitrogens is 1. The lowest BCUT2D eigenvalue weighted by Gasteiger charge is -2.34. The third-order valence-electron chi connectivity index (χ3n) is 5.41. The molecule has 1 aromatic heterocycles. The topological polar surface area (TPSA) is 80.4 Å². The van der Waals surface area contributed by atoms with Gasteiger partial charge in [-0.2, -0.15) is 11.8 Å². The first-order chi connectivity index (χ1) is 14.7. The van der Waals surface area contributed by atoms with E-state index in [-0.39, 0.29) is 21.2 Å². The zero-order chi connectivity index (χ0) is 22.4. The molecule has 1 saturated heterocycles. The van der Waals surface area contributed by atoms with E-state index in [1.165, 1.54) is 30.1 Å². The van der Waals surface area contributed by atoms with Gasteiger partial charge < -0.3 is 11.1 Å². The molecule has 4 rings (SSSR count). The number of carbonyl (C=O) groups excluding carboxylic acids is 1. The fourth-order valence-corrected chi connectivity index (χ4v) is 7.05. The minimum atomic E-state index is -1.50. The molecule has 3 heterocycles. The van der Waals surface area contributed by atoms with Crippen LogP contribution in [0.3, 0.4) is 0 Å². The summed E-state index contributed by atoms with van der Waals surface area (Å²) in [5, 5.41) is 3.26. The Morgan fingerprint density at radius 1 is 1.45 bits per heavy atom. The Hall–Kier alpha value is -2.10. The van der Waals surface area contributed by atoms with Crippen molar-refractivity contribution < 1.29 is 13.6 Å². The maximum Gasteiger partial charge on any atom is 0.273 e. The number of amides is 1. The van der Waals surface area contributed by atoms with Crippen molar-refractivity contribution in [2.24, 2.45) is 10.7 Å². The normalized spacial score (nSPS) is 27.4. The van der Waals surface area contributed by atoms with Crippen molar-refractivity contribution in [3.05, 3.63) is 76.0 Å². The van der Waals surface area contributed by atoms with Crippen molar-refractivity contribution in [1.82, 2.24) is 10.3 Å². The number of nitrogens with zero attached hydrogens (tertiary/aromatic N) is 2. The Morgan fingerprint density at radius 3 is 2.90 bits per heavy atom. The van der Waals surface area contributed by atoms with E-state index >= 15 is 4.39 Å². The van der Waals surface area contributed by atoms with Gasteiger partial charge in [-0.3, -0.25) is 4.79 Å². The molecule has 1 amide bonds. The summed E-state index contributed by atoms with van der Waals surface area (Å²) >= 11 is 8.93. The van der Waals surface area contributed by atoms with Gasteiger partial charge in [0.15, 0.2) is 5.17 Å². The third-order valence-corrected chi connectivity index (χ3v) is 8.19. The largest absolute Gasteiger partial charge is 0.378 e. The number of aliphatic imine (C=N–C) groups is 1. The molecule has 1 aromatic rings. The maximum absolute atomic E-state index is 15.0. The van der Waals surface area contributed by atoms with Crippen LogP contribution in [0.25, 0.3) is 0 Å². The summed E-state index contributed by atoms with van der Waals surface area (Å²) in [6.45, 7) is 4.50. The monoisotopic (exact) mass is 480 g/mol. The summed E-state index contributed by atoms with van der Waals surface area (Å²) in [5.41, 5.74) is 6.85. The molecule has 0 saturated carbocycles. The highest BCUT2D eigenvalue weighted by atomic mass is 35.5. The zero-order valence-electron chi connectivity index (χ0n) is 16.5. The number of pyridine rings is 1. The molecule has 0 aromatic carbocycles. The first-order valence-electron chi connectivity index (χ1n) is 9.33. The molecule has 2 aliphatic heterocycles. The van der Waals surface area contributed by atoms with E-state index < -0.39 is 23.9 Å². The fraction of sp³-hybridized carbons (Fsp3) is 0.286. The number of hydrogen-bond donors (Lipinski definition) is 2. The van der Waals surface area contributed by atoms with Crippen molar-refractivity contribution in [2.45, 2.75) is 17.2 Å². The van der Waals surface area contributed by atoms with Crippen molar-refractivity contribution in [1.29, 1.82) is 0 Å². The van der Waals surface area contributed by atoms with Crippen LogP contribution in [0, 0.1) is 0 Å². The van der Waals surface area contributed by atoms with Gasteiger partial charge in [0.1, 0.15) is 23.7 Å². The Balaban J connectivity index is 1.53. The summed E-state index contributed by atoms with van der Waals surface area (Å²) in [6.07, 6.45) is 3.88. The molecule has 1 fully saturated rings. The second-order valence-corrected chi connectivity index (χ2v) is 10.1. The lowest BCUT2D eigenvalue weighted by Crippen LogP contribution is -2.42. The first kappa shape index (κ1) is 22.1. The van der Waals surface area contributed by atoms with E-state index in [0.717, 1.165) is 28.7 Å². The first-order valence-corrected chi connectivity index (χ1v) is 11.7. The Kier molecular flexibility index (Phi) is 5.78. The summed E-state index contributed by atoms with van der Waals surface area (Å²) < 4.78 is 29.0. The molecular weight excluding hydrogens is 462 g/mol. The number of thioether (sulfide) groups is 2. The second-order valence-electron chi connectivity index (χ2n) is 7.38. The second kappa shape index (κ2) is 8.11. The van der Waals surface area contributed by atoms with Crippen molar-refractivity contribution >= 4 is 46.2 Å². The molecule has 0 bridgehead atoms. The molecule has 2 atom stereocenters. The van der Waals surface area contributed by atoms with Gasteiger partial charge in [0.25, 0.3) is 5.91 Å². The van der Waals surface area contributed by atoms with Crippen LogP contribution in [0.1, 0.15) is 17.4 Å².